The summed E-state index contributed by atoms with van der Waals surface area (Å²) in [6, 6.07) is 0. The molecule has 130 valence electrons. The minimum absolute atomic E-state index is 0.199. The van der Waals surface area contributed by atoms with Gasteiger partial charge in [0.2, 0.25) is 5.95 Å². The van der Waals surface area contributed by atoms with Crippen molar-refractivity contribution in [3.8, 4) is 0 Å². The third kappa shape index (κ3) is 3.29. The van der Waals surface area contributed by atoms with Gasteiger partial charge in [-0.2, -0.15) is 0 Å². The fourth-order valence-electron chi connectivity index (χ4n) is 2.79. The van der Waals surface area contributed by atoms with Crippen LogP contribution in [0.1, 0.15) is 35.0 Å². The normalized spacial score (nSPS) is 15.5. The lowest BCUT2D eigenvalue weighted by Crippen LogP contribution is -2.31. The number of hydrogen-bond donors (Lipinski definition) is 2. The zero-order chi connectivity index (χ0) is 17.1. The van der Waals surface area contributed by atoms with Gasteiger partial charge in [-0.1, -0.05) is 6.92 Å². The number of fused-ring (bicyclic) bond motifs is 1. The molecule has 24 heavy (non-hydrogen) atoms. The van der Waals surface area contributed by atoms with Crippen LogP contribution in [-0.2, 0) is 4.74 Å². The number of nitrogens with one attached hydrogen (secondary N) is 2. The van der Waals surface area contributed by atoms with E-state index < -0.39 is 0 Å². The van der Waals surface area contributed by atoms with Crippen molar-refractivity contribution in [1.82, 2.24) is 15.3 Å². The molecule has 1 aliphatic rings. The summed E-state index contributed by atoms with van der Waals surface area (Å²) < 4.78 is 5.20. The summed E-state index contributed by atoms with van der Waals surface area (Å²) in [5, 5.41) is 3.81. The third-order valence-electron chi connectivity index (χ3n) is 4.05. The van der Waals surface area contributed by atoms with Gasteiger partial charge in [-0.3, -0.25) is 9.78 Å². The number of hydrogen-bond acceptors (Lipinski definition) is 7. The van der Waals surface area contributed by atoms with Gasteiger partial charge in [-0.25, -0.2) is 9.78 Å². The molecule has 3 heterocycles. The molecule has 8 heteroatoms. The summed E-state index contributed by atoms with van der Waals surface area (Å²) in [4.78, 5) is 35.3. The highest BCUT2D eigenvalue weighted by Gasteiger charge is 2.21. The first kappa shape index (κ1) is 16.9. The molecule has 0 saturated carbocycles. The van der Waals surface area contributed by atoms with Crippen molar-refractivity contribution in [3.05, 3.63) is 20.8 Å². The smallest absolute Gasteiger partial charge is 0.348 e. The highest BCUT2D eigenvalue weighted by molar-refractivity contribution is 7.20. The highest BCUT2D eigenvalue weighted by Crippen LogP contribution is 2.28. The van der Waals surface area contributed by atoms with Crippen molar-refractivity contribution in [3.63, 3.8) is 0 Å². The first-order chi connectivity index (χ1) is 11.6. The molecular formula is C16H22N4O3S. The fraction of sp³-hybridized carbons (Fsp3) is 0.562. The van der Waals surface area contributed by atoms with Crippen LogP contribution in [0.3, 0.4) is 0 Å². The molecule has 7 nitrogen and oxygen atoms in total. The van der Waals surface area contributed by atoms with Crippen molar-refractivity contribution in [2.24, 2.45) is 0 Å². The zero-order valence-corrected chi connectivity index (χ0v) is 14.8. The van der Waals surface area contributed by atoms with Gasteiger partial charge in [-0.05, 0) is 31.9 Å². The van der Waals surface area contributed by atoms with Gasteiger partial charge in [0.25, 0.3) is 5.56 Å². The number of anilines is 1. The average Bonchev–Trinajstić information content (AvgIpc) is 2.76. The highest BCUT2D eigenvalue weighted by atomic mass is 32.1. The molecule has 1 aliphatic heterocycles. The van der Waals surface area contributed by atoms with E-state index in [1.54, 1.807) is 6.92 Å². The molecule has 2 N–H and O–H groups in total. The number of H-pyrrole nitrogens is 1. The maximum absolute atomic E-state index is 12.5. The molecular weight excluding hydrogens is 328 g/mol. The molecule has 0 unspecified atom stereocenters. The third-order valence-corrected chi connectivity index (χ3v) is 5.22. The second kappa shape index (κ2) is 7.31. The lowest BCUT2D eigenvalue weighted by atomic mass is 10.2. The van der Waals surface area contributed by atoms with E-state index in [2.05, 4.69) is 20.2 Å². The molecule has 0 amide bonds. The van der Waals surface area contributed by atoms with Gasteiger partial charge in [0.15, 0.2) is 0 Å². The van der Waals surface area contributed by atoms with E-state index >= 15 is 0 Å². The summed E-state index contributed by atoms with van der Waals surface area (Å²) >= 11 is 1.23. The maximum atomic E-state index is 12.5. The Morgan fingerprint density at radius 3 is 3.00 bits per heavy atom. The van der Waals surface area contributed by atoms with E-state index in [0.29, 0.717) is 33.2 Å². The number of carbonyl (C=O) groups excluding carboxylic acids is 1. The summed E-state index contributed by atoms with van der Waals surface area (Å²) in [5.74, 6) is 0.197. The Kier molecular flexibility index (Phi) is 5.15. The van der Waals surface area contributed by atoms with Gasteiger partial charge >= 0.3 is 5.97 Å². The molecule has 1 saturated heterocycles. The number of carbonyl (C=O) groups is 1. The van der Waals surface area contributed by atoms with Crippen LogP contribution in [0.25, 0.3) is 10.2 Å². The van der Waals surface area contributed by atoms with Crippen molar-refractivity contribution in [1.29, 1.82) is 0 Å². The largest absolute Gasteiger partial charge is 0.462 e. The number of nitrogens with zero attached hydrogens (tertiary/aromatic N) is 2. The predicted molar refractivity (Wildman–Crippen MR) is 95.3 cm³/mol. The van der Waals surface area contributed by atoms with Crippen LogP contribution < -0.4 is 15.8 Å². The number of aryl methyl sites for hydroxylation is 1. The predicted octanol–water partition coefficient (Wildman–Crippen LogP) is 1.66. The SMILES string of the molecule is CCCOC(=O)c1sc2nc(N3CCCNCC3)[nH]c(=O)c2c1C. The van der Waals surface area contributed by atoms with Crippen LogP contribution in [0.15, 0.2) is 4.79 Å². The summed E-state index contributed by atoms with van der Waals surface area (Å²) in [5.41, 5.74) is 0.449. The molecule has 2 aromatic heterocycles. The Balaban J connectivity index is 1.98. The zero-order valence-electron chi connectivity index (χ0n) is 14.0. The second-order valence-electron chi connectivity index (χ2n) is 5.85. The minimum Gasteiger partial charge on any atom is -0.462 e. The molecule has 0 atom stereocenters. The van der Waals surface area contributed by atoms with E-state index in [9.17, 15) is 9.59 Å². The average molecular weight is 350 g/mol. The van der Waals surface area contributed by atoms with Crippen molar-refractivity contribution >= 4 is 33.5 Å². The Morgan fingerprint density at radius 1 is 1.38 bits per heavy atom. The summed E-state index contributed by atoms with van der Waals surface area (Å²) in [7, 11) is 0. The van der Waals surface area contributed by atoms with E-state index in [0.717, 1.165) is 39.0 Å². The van der Waals surface area contributed by atoms with E-state index in [-0.39, 0.29) is 11.5 Å². The number of thiophene rings is 1. The Hall–Kier alpha value is -1.93. The van der Waals surface area contributed by atoms with Crippen molar-refractivity contribution in [2.75, 3.05) is 37.7 Å². The van der Waals surface area contributed by atoms with E-state index in [1.807, 2.05) is 6.92 Å². The molecule has 0 bridgehead atoms. The van der Waals surface area contributed by atoms with Crippen molar-refractivity contribution < 1.29 is 9.53 Å². The number of aromatic amines is 1. The van der Waals surface area contributed by atoms with Gasteiger partial charge in [0, 0.05) is 19.6 Å². The molecule has 0 radical (unpaired) electrons. The minimum atomic E-state index is -0.378. The monoisotopic (exact) mass is 350 g/mol. The van der Waals surface area contributed by atoms with Gasteiger partial charge in [-0.15, -0.1) is 11.3 Å². The Bertz CT molecular complexity index is 790. The van der Waals surface area contributed by atoms with Crippen LogP contribution >= 0.6 is 11.3 Å². The van der Waals surface area contributed by atoms with Crippen LogP contribution in [0, 0.1) is 6.92 Å². The fourth-order valence-corrected chi connectivity index (χ4v) is 3.87. The number of ether oxygens (including phenoxy) is 1. The van der Waals surface area contributed by atoms with Crippen LogP contribution in [0.4, 0.5) is 5.95 Å². The molecule has 3 rings (SSSR count). The Morgan fingerprint density at radius 2 is 2.21 bits per heavy atom. The Labute approximate surface area is 144 Å². The molecule has 0 spiro atoms. The topological polar surface area (TPSA) is 87.3 Å². The second-order valence-corrected chi connectivity index (χ2v) is 6.85. The lowest BCUT2D eigenvalue weighted by Gasteiger charge is -2.19. The number of rotatable bonds is 4. The standard InChI is InChI=1S/C16H22N4O3S/c1-3-9-23-15(22)12-10(2)11-13(21)18-16(19-14(11)24-12)20-7-4-5-17-6-8-20/h17H,3-9H2,1-2H3,(H,18,19,21). The number of esters is 1. The summed E-state index contributed by atoms with van der Waals surface area (Å²) in [6.45, 7) is 7.56. The van der Waals surface area contributed by atoms with E-state index in [1.165, 1.54) is 11.3 Å². The number of aromatic nitrogens is 2. The van der Waals surface area contributed by atoms with Gasteiger partial charge < -0.3 is 15.0 Å². The molecule has 2 aromatic rings. The van der Waals surface area contributed by atoms with Crippen LogP contribution in [0.2, 0.25) is 0 Å². The van der Waals surface area contributed by atoms with Crippen molar-refractivity contribution in [2.45, 2.75) is 26.7 Å². The molecule has 1 fully saturated rings. The van der Waals surface area contributed by atoms with Gasteiger partial charge in [0.05, 0.1) is 12.0 Å². The molecule has 0 aliphatic carbocycles. The quantitative estimate of drug-likeness (QED) is 0.816. The van der Waals surface area contributed by atoms with Crippen LogP contribution in [0.5, 0.6) is 0 Å². The maximum Gasteiger partial charge on any atom is 0.348 e. The summed E-state index contributed by atoms with van der Waals surface area (Å²) in [6.07, 6.45) is 1.77. The first-order valence-corrected chi connectivity index (χ1v) is 9.09. The van der Waals surface area contributed by atoms with Gasteiger partial charge in [0.1, 0.15) is 9.71 Å². The van der Waals surface area contributed by atoms with E-state index in [4.69, 9.17) is 4.74 Å². The first-order valence-electron chi connectivity index (χ1n) is 8.28. The molecule has 0 aromatic carbocycles. The lowest BCUT2D eigenvalue weighted by molar-refractivity contribution is 0.0510. The van der Waals surface area contributed by atoms with Crippen LogP contribution in [-0.4, -0.2) is 48.7 Å².